The molecule has 98 valence electrons. The van der Waals surface area contributed by atoms with Gasteiger partial charge in [-0.15, -0.1) is 0 Å². The maximum Gasteiger partial charge on any atom is 0.141 e. The highest BCUT2D eigenvalue weighted by molar-refractivity contribution is 9.10. The van der Waals surface area contributed by atoms with Crippen LogP contribution in [0.4, 0.5) is 0 Å². The molecule has 0 heterocycles. The zero-order valence-corrected chi connectivity index (χ0v) is 12.3. The Bertz CT molecular complexity index is 561. The van der Waals surface area contributed by atoms with Crippen LogP contribution in [0.3, 0.4) is 0 Å². The van der Waals surface area contributed by atoms with E-state index in [0.29, 0.717) is 12.8 Å². The van der Waals surface area contributed by atoms with Crippen LogP contribution >= 0.6 is 15.9 Å². The predicted molar refractivity (Wildman–Crippen MR) is 79.6 cm³/mol. The van der Waals surface area contributed by atoms with Gasteiger partial charge in [-0.3, -0.25) is 4.79 Å². The van der Waals surface area contributed by atoms with E-state index in [1.54, 1.807) is 7.11 Å². The standard InChI is InChI=1S/C16H15BrO2/c1-19-16-7-5-12(6-8-16)10-15(18)11-13-3-2-4-14(17)9-13/h2-9H,10-11H2,1H3. The molecule has 3 heteroatoms. The summed E-state index contributed by atoms with van der Waals surface area (Å²) in [6.45, 7) is 0. The fourth-order valence-electron chi connectivity index (χ4n) is 1.91. The van der Waals surface area contributed by atoms with Crippen molar-refractivity contribution in [2.45, 2.75) is 12.8 Å². The largest absolute Gasteiger partial charge is 0.497 e. The highest BCUT2D eigenvalue weighted by Crippen LogP contribution is 2.15. The van der Waals surface area contributed by atoms with E-state index < -0.39 is 0 Å². The number of ether oxygens (including phenoxy) is 1. The summed E-state index contributed by atoms with van der Waals surface area (Å²) in [4.78, 5) is 12.0. The third-order valence-electron chi connectivity index (χ3n) is 2.85. The molecule has 0 aliphatic rings. The molecule has 0 spiro atoms. The second kappa shape index (κ2) is 6.53. The van der Waals surface area contributed by atoms with Crippen molar-refractivity contribution in [2.24, 2.45) is 0 Å². The summed E-state index contributed by atoms with van der Waals surface area (Å²) in [5.41, 5.74) is 2.05. The van der Waals surface area contributed by atoms with Gasteiger partial charge >= 0.3 is 0 Å². The minimum Gasteiger partial charge on any atom is -0.497 e. The number of methoxy groups -OCH3 is 1. The van der Waals surface area contributed by atoms with Gasteiger partial charge in [-0.1, -0.05) is 40.2 Å². The first-order valence-corrected chi connectivity index (χ1v) is 6.86. The van der Waals surface area contributed by atoms with Crippen molar-refractivity contribution in [3.63, 3.8) is 0 Å². The van der Waals surface area contributed by atoms with Gasteiger partial charge in [0.05, 0.1) is 7.11 Å². The Morgan fingerprint density at radius 3 is 2.37 bits per heavy atom. The van der Waals surface area contributed by atoms with E-state index in [1.807, 2.05) is 48.5 Å². The van der Waals surface area contributed by atoms with E-state index in [4.69, 9.17) is 4.74 Å². The number of benzene rings is 2. The molecule has 0 saturated heterocycles. The average Bonchev–Trinajstić information content (AvgIpc) is 2.39. The summed E-state index contributed by atoms with van der Waals surface area (Å²) >= 11 is 3.41. The number of Topliss-reactive ketones (excluding diaryl/α,β-unsaturated/α-hetero) is 1. The molecule has 0 fully saturated rings. The van der Waals surface area contributed by atoms with Gasteiger partial charge in [-0.05, 0) is 35.4 Å². The van der Waals surface area contributed by atoms with Gasteiger partial charge < -0.3 is 4.74 Å². The summed E-state index contributed by atoms with van der Waals surface area (Å²) in [7, 11) is 1.63. The summed E-state index contributed by atoms with van der Waals surface area (Å²) in [5.74, 6) is 1.02. The quantitative estimate of drug-likeness (QED) is 0.838. The summed E-state index contributed by atoms with van der Waals surface area (Å²) in [6, 6.07) is 15.5. The van der Waals surface area contributed by atoms with E-state index in [1.165, 1.54) is 0 Å². The molecule has 0 aliphatic carbocycles. The lowest BCUT2D eigenvalue weighted by Crippen LogP contribution is -2.06. The molecule has 0 saturated carbocycles. The minimum atomic E-state index is 0.211. The number of rotatable bonds is 5. The molecule has 0 N–H and O–H groups in total. The number of hydrogen-bond acceptors (Lipinski definition) is 2. The minimum absolute atomic E-state index is 0.211. The zero-order valence-electron chi connectivity index (χ0n) is 10.7. The van der Waals surface area contributed by atoms with Gasteiger partial charge in [0.1, 0.15) is 11.5 Å². The maximum atomic E-state index is 12.0. The monoisotopic (exact) mass is 318 g/mol. The van der Waals surface area contributed by atoms with Crippen molar-refractivity contribution in [1.29, 1.82) is 0 Å². The molecule has 19 heavy (non-hydrogen) atoms. The SMILES string of the molecule is COc1ccc(CC(=O)Cc2cccc(Br)c2)cc1. The lowest BCUT2D eigenvalue weighted by Gasteiger charge is -2.04. The Hall–Kier alpha value is -1.61. The third kappa shape index (κ3) is 4.21. The normalized spacial score (nSPS) is 10.2. The van der Waals surface area contributed by atoms with Crippen LogP contribution in [0.15, 0.2) is 53.0 Å². The van der Waals surface area contributed by atoms with Crippen LogP contribution < -0.4 is 4.74 Å². The Morgan fingerprint density at radius 2 is 1.74 bits per heavy atom. The summed E-state index contributed by atoms with van der Waals surface area (Å²) in [6.07, 6.45) is 0.919. The van der Waals surface area contributed by atoms with Crippen LogP contribution in [-0.2, 0) is 17.6 Å². The number of hydrogen-bond donors (Lipinski definition) is 0. The molecule has 0 aliphatic heterocycles. The van der Waals surface area contributed by atoms with Gasteiger partial charge in [0, 0.05) is 17.3 Å². The molecule has 0 aromatic heterocycles. The van der Waals surface area contributed by atoms with Crippen LogP contribution in [0.2, 0.25) is 0 Å². The van der Waals surface area contributed by atoms with Crippen LogP contribution in [-0.4, -0.2) is 12.9 Å². The fourth-order valence-corrected chi connectivity index (χ4v) is 2.35. The van der Waals surface area contributed by atoms with Gasteiger partial charge in [0.2, 0.25) is 0 Å². The molecule has 0 bridgehead atoms. The van der Waals surface area contributed by atoms with Crippen molar-refractivity contribution in [3.8, 4) is 5.75 Å². The Morgan fingerprint density at radius 1 is 1.05 bits per heavy atom. The molecule has 2 nitrogen and oxygen atoms in total. The second-order valence-electron chi connectivity index (χ2n) is 4.37. The molecule has 0 radical (unpaired) electrons. The number of ketones is 1. The lowest BCUT2D eigenvalue weighted by molar-refractivity contribution is -0.117. The number of carbonyl (C=O) groups excluding carboxylic acids is 1. The van der Waals surface area contributed by atoms with Crippen molar-refractivity contribution < 1.29 is 9.53 Å². The first-order chi connectivity index (χ1) is 9.17. The van der Waals surface area contributed by atoms with Gasteiger partial charge in [0.15, 0.2) is 0 Å². The van der Waals surface area contributed by atoms with Gasteiger partial charge in [0.25, 0.3) is 0 Å². The van der Waals surface area contributed by atoms with E-state index in [9.17, 15) is 4.79 Å². The van der Waals surface area contributed by atoms with E-state index in [0.717, 1.165) is 21.3 Å². The Balaban J connectivity index is 1.97. The molecule has 2 aromatic rings. The third-order valence-corrected chi connectivity index (χ3v) is 3.34. The lowest BCUT2D eigenvalue weighted by atomic mass is 10.0. The van der Waals surface area contributed by atoms with E-state index >= 15 is 0 Å². The van der Waals surface area contributed by atoms with Crippen LogP contribution in [0, 0.1) is 0 Å². The molecule has 0 atom stereocenters. The first kappa shape index (κ1) is 13.8. The molecule has 0 unspecified atom stereocenters. The van der Waals surface area contributed by atoms with Gasteiger partial charge in [-0.2, -0.15) is 0 Å². The number of carbonyl (C=O) groups is 1. The van der Waals surface area contributed by atoms with Crippen LogP contribution in [0.25, 0.3) is 0 Å². The smallest absolute Gasteiger partial charge is 0.141 e. The first-order valence-electron chi connectivity index (χ1n) is 6.06. The predicted octanol–water partition coefficient (Wildman–Crippen LogP) is 3.81. The van der Waals surface area contributed by atoms with Gasteiger partial charge in [-0.25, -0.2) is 0 Å². The molecule has 0 amide bonds. The second-order valence-corrected chi connectivity index (χ2v) is 5.29. The summed E-state index contributed by atoms with van der Waals surface area (Å²) in [5, 5.41) is 0. The molecular weight excluding hydrogens is 304 g/mol. The molecule has 2 aromatic carbocycles. The topological polar surface area (TPSA) is 26.3 Å². The van der Waals surface area contributed by atoms with Crippen molar-refractivity contribution in [3.05, 3.63) is 64.1 Å². The Labute approximate surface area is 121 Å². The van der Waals surface area contributed by atoms with Crippen molar-refractivity contribution in [1.82, 2.24) is 0 Å². The van der Waals surface area contributed by atoms with Crippen molar-refractivity contribution >= 4 is 21.7 Å². The average molecular weight is 319 g/mol. The maximum absolute atomic E-state index is 12.0. The highest BCUT2D eigenvalue weighted by Gasteiger charge is 2.06. The highest BCUT2D eigenvalue weighted by atomic mass is 79.9. The fraction of sp³-hybridized carbons (Fsp3) is 0.188. The number of halogens is 1. The van der Waals surface area contributed by atoms with E-state index in [2.05, 4.69) is 15.9 Å². The summed E-state index contributed by atoms with van der Waals surface area (Å²) < 4.78 is 6.09. The van der Waals surface area contributed by atoms with Crippen molar-refractivity contribution in [2.75, 3.05) is 7.11 Å². The molecular formula is C16H15BrO2. The Kier molecular flexibility index (Phi) is 4.74. The van der Waals surface area contributed by atoms with Crippen LogP contribution in [0.5, 0.6) is 5.75 Å². The van der Waals surface area contributed by atoms with Crippen LogP contribution in [0.1, 0.15) is 11.1 Å². The molecule has 2 rings (SSSR count). The zero-order chi connectivity index (χ0) is 13.7. The van der Waals surface area contributed by atoms with E-state index in [-0.39, 0.29) is 5.78 Å².